The Morgan fingerprint density at radius 1 is 0.348 bits per heavy atom. The first kappa shape index (κ1) is 45.3. The minimum atomic E-state index is -0.408. The smallest absolute Gasteiger partial charge is 0.331 e. The Balaban J connectivity index is 3.05. The van der Waals surface area contributed by atoms with Crippen LogP contribution in [0.3, 0.4) is 0 Å². The number of alkyl halides is 1. The highest BCUT2D eigenvalue weighted by atomic mass is 35.5. The fourth-order valence-electron chi connectivity index (χ4n) is 3.29. The molecule has 0 aromatic carbocycles. The summed E-state index contributed by atoms with van der Waals surface area (Å²) in [6, 6.07) is 0. The number of ether oxygens (including phenoxy) is 13. The quantitative estimate of drug-likeness (QED) is 0.0526. The van der Waals surface area contributed by atoms with Crippen LogP contribution in [0.1, 0.15) is 25.7 Å². The second kappa shape index (κ2) is 42.3. The van der Waals surface area contributed by atoms with Gasteiger partial charge in [-0.2, -0.15) is 0 Å². The summed E-state index contributed by atoms with van der Waals surface area (Å²) in [5, 5.41) is 0. The van der Waals surface area contributed by atoms with Crippen LogP contribution in [0.5, 0.6) is 0 Å². The Kier molecular flexibility index (Phi) is 41.6. The number of carbonyl (C=O) groups excluding carboxylic acids is 1. The number of hydrogen-bond donors (Lipinski definition) is 0. The maximum Gasteiger partial charge on any atom is 0.331 e. The Hall–Kier alpha value is -0.720. The summed E-state index contributed by atoms with van der Waals surface area (Å²) >= 11 is 5.65. The summed E-state index contributed by atoms with van der Waals surface area (Å²) in [5.74, 6) is 0.333. The lowest BCUT2D eigenvalue weighted by Gasteiger charge is -2.09. The first-order chi connectivity index (χ1) is 22.8. The highest BCUT2D eigenvalue weighted by molar-refractivity contribution is 6.17. The summed E-state index contributed by atoms with van der Waals surface area (Å²) in [6.07, 6.45) is 4.48. The molecule has 0 spiro atoms. The molecule has 0 aromatic heterocycles. The first-order valence-corrected chi connectivity index (χ1v) is 16.9. The molecule has 0 saturated heterocycles. The fourth-order valence-corrected chi connectivity index (χ4v) is 3.47. The van der Waals surface area contributed by atoms with E-state index in [-0.39, 0.29) is 6.61 Å². The van der Waals surface area contributed by atoms with Crippen LogP contribution in [-0.2, 0) is 66.4 Å². The van der Waals surface area contributed by atoms with Gasteiger partial charge in [0.25, 0.3) is 0 Å². The number of methoxy groups -OCH3 is 1. The number of rotatable bonds is 41. The number of carbonyl (C=O) groups is 1. The van der Waals surface area contributed by atoms with E-state index in [1.165, 1.54) is 13.5 Å². The van der Waals surface area contributed by atoms with Crippen LogP contribution < -0.4 is 0 Å². The Labute approximate surface area is 281 Å². The van der Waals surface area contributed by atoms with Gasteiger partial charge in [0.1, 0.15) is 6.61 Å². The van der Waals surface area contributed by atoms with E-state index in [9.17, 15) is 4.79 Å². The molecule has 0 unspecified atom stereocenters. The fraction of sp³-hybridized carbons (Fsp3) is 0.968. The summed E-state index contributed by atoms with van der Waals surface area (Å²) in [7, 11) is 1.32. The van der Waals surface area contributed by atoms with Crippen LogP contribution in [0.25, 0.3) is 0 Å². The molecule has 276 valence electrons. The van der Waals surface area contributed by atoms with E-state index in [1.807, 2.05) is 0 Å². The van der Waals surface area contributed by atoms with Crippen molar-refractivity contribution in [3.05, 3.63) is 0 Å². The second-order valence-corrected chi connectivity index (χ2v) is 9.85. The maximum atomic E-state index is 10.9. The normalized spacial score (nSPS) is 11.4. The average Bonchev–Trinajstić information content (AvgIpc) is 3.07. The van der Waals surface area contributed by atoms with Crippen molar-refractivity contribution in [2.75, 3.05) is 172 Å². The van der Waals surface area contributed by atoms with Gasteiger partial charge in [0.15, 0.2) is 0 Å². The zero-order chi connectivity index (χ0) is 33.3. The number of halogens is 1. The molecule has 0 fully saturated rings. The zero-order valence-corrected chi connectivity index (χ0v) is 28.9. The molecule has 0 heterocycles. The van der Waals surface area contributed by atoms with E-state index in [0.29, 0.717) is 145 Å². The van der Waals surface area contributed by atoms with E-state index in [2.05, 4.69) is 4.74 Å². The van der Waals surface area contributed by atoms with Crippen LogP contribution in [0.15, 0.2) is 0 Å². The van der Waals surface area contributed by atoms with Crippen LogP contribution in [0.2, 0.25) is 0 Å². The third-order valence-corrected chi connectivity index (χ3v) is 5.98. The van der Waals surface area contributed by atoms with Crippen molar-refractivity contribution in [1.82, 2.24) is 0 Å². The van der Waals surface area contributed by atoms with Gasteiger partial charge in [-0.25, -0.2) is 4.79 Å². The lowest BCUT2D eigenvalue weighted by molar-refractivity contribution is -0.146. The lowest BCUT2D eigenvalue weighted by Crippen LogP contribution is -2.16. The standard InChI is InChI=1S/C31H61ClO14/c1-34-31(33)30-46-29-28-45-27-26-44-25-24-43-23-22-42-21-20-41-19-18-40-17-16-39-15-14-38-13-12-37-11-10-36-9-8-35-7-5-3-2-4-6-32/h2-30H2,1H3. The summed E-state index contributed by atoms with van der Waals surface area (Å²) < 4.78 is 69.5. The van der Waals surface area contributed by atoms with E-state index in [0.717, 1.165) is 31.7 Å². The van der Waals surface area contributed by atoms with Crippen molar-refractivity contribution in [2.24, 2.45) is 0 Å². The van der Waals surface area contributed by atoms with Gasteiger partial charge in [0.05, 0.1) is 152 Å². The molecule has 0 radical (unpaired) electrons. The Morgan fingerprint density at radius 3 is 0.848 bits per heavy atom. The molecule has 0 N–H and O–H groups in total. The van der Waals surface area contributed by atoms with Crippen LogP contribution in [-0.4, -0.2) is 178 Å². The third-order valence-electron chi connectivity index (χ3n) is 5.71. The summed E-state index contributed by atoms with van der Waals surface area (Å²) in [4.78, 5) is 10.9. The van der Waals surface area contributed by atoms with Crippen molar-refractivity contribution in [3.8, 4) is 0 Å². The lowest BCUT2D eigenvalue weighted by atomic mass is 10.2. The van der Waals surface area contributed by atoms with Crippen molar-refractivity contribution in [2.45, 2.75) is 25.7 Å². The minimum absolute atomic E-state index is 0.0703. The highest BCUT2D eigenvalue weighted by Crippen LogP contribution is 2.01. The molecule has 14 nitrogen and oxygen atoms in total. The van der Waals surface area contributed by atoms with E-state index < -0.39 is 5.97 Å². The van der Waals surface area contributed by atoms with Gasteiger partial charge in [-0.15, -0.1) is 11.6 Å². The van der Waals surface area contributed by atoms with Gasteiger partial charge in [-0.3, -0.25) is 0 Å². The minimum Gasteiger partial charge on any atom is -0.467 e. The molecule has 15 heteroatoms. The number of esters is 1. The predicted molar refractivity (Wildman–Crippen MR) is 171 cm³/mol. The molecule has 0 saturated carbocycles. The summed E-state index contributed by atoms with van der Waals surface area (Å²) in [6.45, 7) is 11.6. The molecule has 0 amide bonds. The number of unbranched alkanes of at least 4 members (excludes halogenated alkanes) is 3. The van der Waals surface area contributed by atoms with Crippen molar-refractivity contribution in [1.29, 1.82) is 0 Å². The van der Waals surface area contributed by atoms with Gasteiger partial charge in [-0.1, -0.05) is 12.8 Å². The van der Waals surface area contributed by atoms with Crippen LogP contribution >= 0.6 is 11.6 Å². The molecule has 46 heavy (non-hydrogen) atoms. The molecule has 0 aromatic rings. The molecule has 0 bridgehead atoms. The van der Waals surface area contributed by atoms with Crippen LogP contribution in [0.4, 0.5) is 0 Å². The zero-order valence-electron chi connectivity index (χ0n) is 28.1. The maximum absolute atomic E-state index is 10.9. The third kappa shape index (κ3) is 41.3. The van der Waals surface area contributed by atoms with Gasteiger partial charge >= 0.3 is 5.97 Å². The highest BCUT2D eigenvalue weighted by Gasteiger charge is 1.99. The van der Waals surface area contributed by atoms with Gasteiger partial charge in [-0.05, 0) is 12.8 Å². The Morgan fingerprint density at radius 2 is 0.587 bits per heavy atom. The van der Waals surface area contributed by atoms with Crippen LogP contribution in [0, 0.1) is 0 Å². The van der Waals surface area contributed by atoms with E-state index in [4.69, 9.17) is 68.4 Å². The molecule has 0 atom stereocenters. The molecule has 0 aliphatic heterocycles. The molecule has 0 rings (SSSR count). The molecule has 0 aliphatic carbocycles. The van der Waals surface area contributed by atoms with Gasteiger partial charge in [0, 0.05) is 12.5 Å². The van der Waals surface area contributed by atoms with Crippen molar-refractivity contribution in [3.63, 3.8) is 0 Å². The van der Waals surface area contributed by atoms with Crippen molar-refractivity contribution >= 4 is 17.6 Å². The SMILES string of the molecule is COC(=O)COCCOCCOCCOCCOCCOCCOCCOCCOCCOCCOCCOCCCCCCCl. The first-order valence-electron chi connectivity index (χ1n) is 16.4. The average molecular weight is 693 g/mol. The van der Waals surface area contributed by atoms with Gasteiger partial charge in [0.2, 0.25) is 0 Å². The van der Waals surface area contributed by atoms with Gasteiger partial charge < -0.3 is 61.6 Å². The summed E-state index contributed by atoms with van der Waals surface area (Å²) in [5.41, 5.74) is 0. The topological polar surface area (TPSA) is 137 Å². The Bertz CT molecular complexity index is 579. The second-order valence-electron chi connectivity index (χ2n) is 9.47. The van der Waals surface area contributed by atoms with E-state index in [1.54, 1.807) is 0 Å². The largest absolute Gasteiger partial charge is 0.467 e. The molecule has 0 aliphatic rings. The molecular weight excluding hydrogens is 632 g/mol. The predicted octanol–water partition coefficient (Wildman–Crippen LogP) is 2.16. The van der Waals surface area contributed by atoms with E-state index >= 15 is 0 Å². The molecular formula is C31H61ClO14. The monoisotopic (exact) mass is 692 g/mol. The van der Waals surface area contributed by atoms with Crippen molar-refractivity contribution < 1.29 is 66.4 Å². The number of hydrogen-bond acceptors (Lipinski definition) is 14.